The second kappa shape index (κ2) is 6.74. The van der Waals surface area contributed by atoms with Crippen LogP contribution in [0.5, 0.6) is 0 Å². The van der Waals surface area contributed by atoms with E-state index in [-0.39, 0.29) is 21.9 Å². The van der Waals surface area contributed by atoms with E-state index in [1.807, 2.05) is 6.07 Å². The maximum absolute atomic E-state index is 13.9. The highest BCUT2D eigenvalue weighted by Gasteiger charge is 2.13. The van der Waals surface area contributed by atoms with Crippen LogP contribution in [0.1, 0.15) is 21.5 Å². The van der Waals surface area contributed by atoms with Gasteiger partial charge in [-0.2, -0.15) is 14.9 Å². The number of aromatic amines is 1. The molecule has 0 aliphatic carbocycles. The number of nitriles is 1. The number of carbonyl (C=O) groups is 1. The number of methoxy groups -OCH3 is 1. The first-order valence-corrected chi connectivity index (χ1v) is 7.89. The first-order chi connectivity index (χ1) is 12.0. The van der Waals surface area contributed by atoms with Gasteiger partial charge in [-0.3, -0.25) is 4.98 Å². The Kier molecular flexibility index (Phi) is 4.49. The van der Waals surface area contributed by atoms with Crippen LogP contribution in [0.15, 0.2) is 34.3 Å². The summed E-state index contributed by atoms with van der Waals surface area (Å²) in [5.74, 6) is -1.14. The van der Waals surface area contributed by atoms with Gasteiger partial charge in [-0.05, 0) is 17.7 Å². The highest BCUT2D eigenvalue weighted by Crippen LogP contribution is 2.21. The number of thioether (sulfide) groups is 1. The van der Waals surface area contributed by atoms with Crippen LogP contribution in [-0.2, 0) is 10.5 Å². The molecule has 1 aromatic carbocycles. The van der Waals surface area contributed by atoms with Gasteiger partial charge in [-0.25, -0.2) is 19.0 Å². The van der Waals surface area contributed by atoms with E-state index in [2.05, 4.69) is 19.8 Å². The summed E-state index contributed by atoms with van der Waals surface area (Å²) >= 11 is 1.15. The van der Waals surface area contributed by atoms with Crippen molar-refractivity contribution in [2.45, 2.75) is 10.9 Å². The number of hydrogen-bond acceptors (Lipinski definition) is 7. The van der Waals surface area contributed by atoms with Gasteiger partial charge in [-0.1, -0.05) is 17.8 Å². The van der Waals surface area contributed by atoms with Crippen LogP contribution in [-0.4, -0.2) is 32.7 Å². The number of hydrogen-bond donors (Lipinski definition) is 1. The number of halogens is 1. The molecular formula is C15H10FN5O3S. The standard InChI is InChI=1S/C15H10FN5O3S/c1-24-13(22)10-3-2-8(4-11(10)16)7-25-14-19-12-9(5-17)6-18-21(12)15(23)20-14/h2-4,6H,7H2,1H3,(H,19,20,23). The van der Waals surface area contributed by atoms with E-state index in [1.165, 1.54) is 25.4 Å². The van der Waals surface area contributed by atoms with Crippen LogP contribution in [0.2, 0.25) is 0 Å². The lowest BCUT2D eigenvalue weighted by molar-refractivity contribution is 0.0595. The van der Waals surface area contributed by atoms with Crippen molar-refractivity contribution in [3.8, 4) is 6.07 Å². The van der Waals surface area contributed by atoms with Crippen molar-refractivity contribution in [1.82, 2.24) is 19.6 Å². The SMILES string of the molecule is COC(=O)c1ccc(CSc2nc3c(C#N)cnn3c(=O)[nH]2)cc1F. The Morgan fingerprint density at radius 2 is 2.32 bits per heavy atom. The van der Waals surface area contributed by atoms with Crippen molar-refractivity contribution in [3.05, 3.63) is 57.4 Å². The molecule has 0 aliphatic rings. The molecule has 25 heavy (non-hydrogen) atoms. The topological polar surface area (TPSA) is 113 Å². The second-order valence-electron chi connectivity index (χ2n) is 4.85. The number of H-pyrrole nitrogens is 1. The van der Waals surface area contributed by atoms with E-state index in [0.717, 1.165) is 16.3 Å². The summed E-state index contributed by atoms with van der Waals surface area (Å²) in [5, 5.41) is 13.0. The van der Waals surface area contributed by atoms with Crippen molar-refractivity contribution < 1.29 is 13.9 Å². The number of aromatic nitrogens is 4. The predicted octanol–water partition coefficient (Wildman–Crippen LogP) is 1.51. The Labute approximate surface area is 144 Å². The third-order valence-corrected chi connectivity index (χ3v) is 4.24. The summed E-state index contributed by atoms with van der Waals surface area (Å²) in [6, 6.07) is 6.04. The first-order valence-electron chi connectivity index (χ1n) is 6.91. The Hall–Kier alpha value is -3.19. The van der Waals surface area contributed by atoms with Gasteiger partial charge in [0.05, 0.1) is 18.9 Å². The molecular weight excluding hydrogens is 349 g/mol. The largest absolute Gasteiger partial charge is 0.465 e. The number of nitrogens with zero attached hydrogens (tertiary/aromatic N) is 4. The molecule has 1 N–H and O–H groups in total. The van der Waals surface area contributed by atoms with Crippen LogP contribution in [0.25, 0.3) is 5.65 Å². The zero-order chi connectivity index (χ0) is 18.0. The summed E-state index contributed by atoms with van der Waals surface area (Å²) in [5.41, 5.74) is 0.248. The van der Waals surface area contributed by atoms with Crippen molar-refractivity contribution in [2.24, 2.45) is 0 Å². The van der Waals surface area contributed by atoms with Gasteiger partial charge in [0.1, 0.15) is 17.4 Å². The van der Waals surface area contributed by atoms with Gasteiger partial charge in [-0.15, -0.1) is 0 Å². The average Bonchev–Trinajstić information content (AvgIpc) is 3.03. The van der Waals surface area contributed by atoms with Gasteiger partial charge < -0.3 is 4.74 Å². The molecule has 0 saturated heterocycles. The summed E-state index contributed by atoms with van der Waals surface area (Å²) in [6.07, 6.45) is 1.26. The molecule has 0 fully saturated rings. The number of nitrogens with one attached hydrogen (secondary N) is 1. The van der Waals surface area contributed by atoms with E-state index in [0.29, 0.717) is 11.3 Å². The van der Waals surface area contributed by atoms with Gasteiger partial charge in [0, 0.05) is 5.75 Å². The molecule has 3 rings (SSSR count). The number of carbonyl (C=O) groups excluding carboxylic acids is 1. The van der Waals surface area contributed by atoms with Crippen LogP contribution in [0, 0.1) is 17.1 Å². The number of benzene rings is 1. The molecule has 2 aromatic heterocycles. The molecule has 0 atom stereocenters. The lowest BCUT2D eigenvalue weighted by Crippen LogP contribution is -2.19. The zero-order valence-electron chi connectivity index (χ0n) is 12.8. The molecule has 8 nitrogen and oxygen atoms in total. The van der Waals surface area contributed by atoms with Gasteiger partial charge in [0.25, 0.3) is 0 Å². The summed E-state index contributed by atoms with van der Waals surface area (Å²) in [4.78, 5) is 30.0. The Bertz CT molecular complexity index is 1070. The predicted molar refractivity (Wildman–Crippen MR) is 85.6 cm³/mol. The van der Waals surface area contributed by atoms with Gasteiger partial charge in [0.2, 0.25) is 0 Å². The van der Waals surface area contributed by atoms with Crippen molar-refractivity contribution in [2.75, 3.05) is 7.11 Å². The van der Waals surface area contributed by atoms with Gasteiger partial charge >= 0.3 is 11.7 Å². The Balaban J connectivity index is 1.83. The van der Waals surface area contributed by atoms with Crippen LogP contribution in [0.3, 0.4) is 0 Å². The van der Waals surface area contributed by atoms with Crippen LogP contribution in [0.4, 0.5) is 4.39 Å². The third-order valence-electron chi connectivity index (χ3n) is 3.29. The quantitative estimate of drug-likeness (QED) is 0.555. The molecule has 0 aliphatic heterocycles. The summed E-state index contributed by atoms with van der Waals surface area (Å²) < 4.78 is 19.4. The minimum atomic E-state index is -0.752. The molecule has 10 heteroatoms. The minimum absolute atomic E-state index is 0.151. The number of fused-ring (bicyclic) bond motifs is 1. The fourth-order valence-electron chi connectivity index (χ4n) is 2.09. The molecule has 0 amide bonds. The molecule has 0 saturated carbocycles. The molecule has 0 spiro atoms. The van der Waals surface area contributed by atoms with Crippen LogP contribution >= 0.6 is 11.8 Å². The molecule has 0 radical (unpaired) electrons. The van der Waals surface area contributed by atoms with E-state index in [4.69, 9.17) is 5.26 Å². The molecule has 126 valence electrons. The maximum atomic E-state index is 13.9. The minimum Gasteiger partial charge on any atom is -0.465 e. The molecule has 0 bridgehead atoms. The molecule has 2 heterocycles. The van der Waals surface area contributed by atoms with Crippen molar-refractivity contribution in [1.29, 1.82) is 5.26 Å². The number of rotatable bonds is 4. The highest BCUT2D eigenvalue weighted by molar-refractivity contribution is 7.98. The monoisotopic (exact) mass is 359 g/mol. The summed E-state index contributed by atoms with van der Waals surface area (Å²) in [7, 11) is 1.18. The van der Waals surface area contributed by atoms with E-state index in [9.17, 15) is 14.0 Å². The lowest BCUT2D eigenvalue weighted by Gasteiger charge is -2.05. The van der Waals surface area contributed by atoms with E-state index >= 15 is 0 Å². The Morgan fingerprint density at radius 1 is 1.52 bits per heavy atom. The van der Waals surface area contributed by atoms with E-state index < -0.39 is 17.5 Å². The summed E-state index contributed by atoms with van der Waals surface area (Å²) in [6.45, 7) is 0. The van der Waals surface area contributed by atoms with E-state index in [1.54, 1.807) is 6.07 Å². The normalized spacial score (nSPS) is 10.6. The molecule has 3 aromatic rings. The smallest absolute Gasteiger partial charge is 0.350 e. The zero-order valence-corrected chi connectivity index (χ0v) is 13.6. The maximum Gasteiger partial charge on any atom is 0.350 e. The molecule has 0 unspecified atom stereocenters. The van der Waals surface area contributed by atoms with Crippen molar-refractivity contribution in [3.63, 3.8) is 0 Å². The number of esters is 1. The Morgan fingerprint density at radius 3 is 3.00 bits per heavy atom. The lowest BCUT2D eigenvalue weighted by atomic mass is 10.1. The average molecular weight is 359 g/mol. The number of ether oxygens (including phenoxy) is 1. The fourth-order valence-corrected chi connectivity index (χ4v) is 2.88. The highest BCUT2D eigenvalue weighted by atomic mass is 32.2. The fraction of sp³-hybridized carbons (Fsp3) is 0.133. The van der Waals surface area contributed by atoms with Crippen LogP contribution < -0.4 is 5.69 Å². The van der Waals surface area contributed by atoms with Crippen molar-refractivity contribution >= 4 is 23.4 Å². The first kappa shape index (κ1) is 16.7. The second-order valence-corrected chi connectivity index (χ2v) is 5.81. The third kappa shape index (κ3) is 3.22. The van der Waals surface area contributed by atoms with Gasteiger partial charge in [0.15, 0.2) is 10.8 Å².